The molecule has 0 bridgehead atoms. The van der Waals surface area contributed by atoms with Crippen molar-refractivity contribution in [2.45, 2.75) is 112 Å². The summed E-state index contributed by atoms with van der Waals surface area (Å²) in [6, 6.07) is 39.9. The number of hydrogen-bond acceptors (Lipinski definition) is 4. The Bertz CT molecular complexity index is 2710. The van der Waals surface area contributed by atoms with Gasteiger partial charge in [-0.3, -0.25) is 4.57 Å². The second-order valence-corrected chi connectivity index (χ2v) is 19.7. The zero-order chi connectivity index (χ0) is 42.7. The summed E-state index contributed by atoms with van der Waals surface area (Å²) in [6.45, 7) is 28.2. The maximum atomic E-state index is 6.71. The number of ether oxygens (including phenoxy) is 1. The molecule has 0 atom stereocenters. The van der Waals surface area contributed by atoms with Gasteiger partial charge in [0.1, 0.15) is 17.3 Å². The van der Waals surface area contributed by atoms with Gasteiger partial charge in [0.25, 0.3) is 0 Å². The van der Waals surface area contributed by atoms with E-state index < -0.39 is 0 Å². The first-order valence-corrected chi connectivity index (χ1v) is 21.8. The van der Waals surface area contributed by atoms with Gasteiger partial charge in [0.15, 0.2) is 0 Å². The number of anilines is 2. The van der Waals surface area contributed by atoms with Crippen LogP contribution in [0.15, 0.2) is 128 Å². The Hall–Kier alpha value is -5.81. The van der Waals surface area contributed by atoms with Crippen LogP contribution in [0.2, 0.25) is 0 Å². The molecular formula is C55H62N4O. The van der Waals surface area contributed by atoms with Crippen LogP contribution < -0.4 is 14.5 Å². The normalized spacial score (nSPS) is 13.6. The van der Waals surface area contributed by atoms with Crippen LogP contribution in [0.5, 0.6) is 11.5 Å². The van der Waals surface area contributed by atoms with E-state index in [9.17, 15) is 0 Å². The van der Waals surface area contributed by atoms with Crippen LogP contribution in [0.1, 0.15) is 129 Å². The van der Waals surface area contributed by atoms with Gasteiger partial charge >= 0.3 is 0 Å². The van der Waals surface area contributed by atoms with Gasteiger partial charge in [-0.2, -0.15) is 0 Å². The van der Waals surface area contributed by atoms with Crippen LogP contribution in [0, 0.1) is 0 Å². The van der Waals surface area contributed by atoms with Crippen molar-refractivity contribution in [3.63, 3.8) is 0 Å². The summed E-state index contributed by atoms with van der Waals surface area (Å²) in [6.07, 6.45) is 6.29. The Labute approximate surface area is 358 Å². The molecule has 0 spiro atoms. The molecule has 1 aliphatic heterocycles. The maximum Gasteiger partial charge on any atom is 0.137 e. The van der Waals surface area contributed by atoms with E-state index >= 15 is 0 Å². The molecule has 0 amide bonds. The van der Waals surface area contributed by atoms with Crippen LogP contribution in [-0.4, -0.2) is 16.2 Å². The van der Waals surface area contributed by atoms with Crippen molar-refractivity contribution in [2.75, 3.05) is 16.5 Å². The molecule has 8 rings (SSSR count). The number of aromatic nitrogens is 2. The van der Waals surface area contributed by atoms with Crippen molar-refractivity contribution in [3.05, 3.63) is 156 Å². The van der Waals surface area contributed by atoms with E-state index in [0.717, 1.165) is 34.0 Å². The van der Waals surface area contributed by atoms with Crippen LogP contribution in [0.4, 0.5) is 11.4 Å². The quantitative estimate of drug-likeness (QED) is 0.146. The summed E-state index contributed by atoms with van der Waals surface area (Å²) < 4.78 is 9.02. The van der Waals surface area contributed by atoms with Crippen LogP contribution in [0.3, 0.4) is 0 Å². The van der Waals surface area contributed by atoms with Gasteiger partial charge in [-0.15, -0.1) is 0 Å². The van der Waals surface area contributed by atoms with E-state index in [2.05, 4.69) is 213 Å². The molecule has 0 unspecified atom stereocenters. The summed E-state index contributed by atoms with van der Waals surface area (Å²) >= 11 is 0. The molecule has 2 aromatic heterocycles. The van der Waals surface area contributed by atoms with Crippen molar-refractivity contribution in [1.29, 1.82) is 0 Å². The number of benzene rings is 5. The average molecular weight is 795 g/mol. The molecule has 60 heavy (non-hydrogen) atoms. The Balaban J connectivity index is 1.10. The van der Waals surface area contributed by atoms with Gasteiger partial charge in [0.05, 0.1) is 17.7 Å². The lowest BCUT2D eigenvalue weighted by atomic mass is 9.81. The molecule has 7 aromatic rings. The molecule has 308 valence electrons. The van der Waals surface area contributed by atoms with Crippen molar-refractivity contribution < 1.29 is 4.74 Å². The molecule has 5 aromatic carbocycles. The third-order valence-corrected chi connectivity index (χ3v) is 12.1. The molecule has 0 saturated carbocycles. The minimum absolute atomic E-state index is 0.00692. The number of fused-ring (bicyclic) bond motifs is 3. The summed E-state index contributed by atoms with van der Waals surface area (Å²) in [5.74, 6) is 3.82. The van der Waals surface area contributed by atoms with Crippen molar-refractivity contribution in [2.24, 2.45) is 0 Å². The Kier molecular flexibility index (Phi) is 10.7. The maximum absolute atomic E-state index is 6.71. The lowest BCUT2D eigenvalue weighted by Gasteiger charge is -2.25. The molecule has 5 heteroatoms. The molecule has 0 fully saturated rings. The van der Waals surface area contributed by atoms with E-state index in [-0.39, 0.29) is 10.8 Å². The Morgan fingerprint density at radius 3 is 1.85 bits per heavy atom. The highest BCUT2D eigenvalue weighted by atomic mass is 16.5. The highest BCUT2D eigenvalue weighted by Gasteiger charge is 2.25. The second kappa shape index (κ2) is 15.7. The fraction of sp³-hybridized carbons (Fsp3) is 0.327. The van der Waals surface area contributed by atoms with Gasteiger partial charge in [-0.25, -0.2) is 4.98 Å². The fourth-order valence-electron chi connectivity index (χ4n) is 8.74. The summed E-state index contributed by atoms with van der Waals surface area (Å²) in [5.41, 5.74) is 13.9. The summed E-state index contributed by atoms with van der Waals surface area (Å²) in [7, 11) is 0. The highest BCUT2D eigenvalue weighted by Crippen LogP contribution is 2.43. The van der Waals surface area contributed by atoms with Gasteiger partial charge < -0.3 is 14.5 Å². The number of hydrogen-bond donors (Lipinski definition) is 0. The SMILES string of the molecule is CC(C)c1cc(C(C)C)c(-c2cccc(N3C=CN(c4cccc(Oc5ccc6c7c(C(C)(C)C)cccc7n(-c7cc(C(C)(C)C)ccn7)c6c5)c4)C3)c2)c(C(C)C)c1. The Morgan fingerprint density at radius 1 is 0.583 bits per heavy atom. The third kappa shape index (κ3) is 7.83. The van der Waals surface area contributed by atoms with Gasteiger partial charge in [-0.05, 0) is 122 Å². The fourth-order valence-corrected chi connectivity index (χ4v) is 8.74. The van der Waals surface area contributed by atoms with E-state index in [1.165, 1.54) is 55.4 Å². The van der Waals surface area contributed by atoms with Crippen molar-refractivity contribution in [1.82, 2.24) is 9.55 Å². The van der Waals surface area contributed by atoms with Gasteiger partial charge in [-0.1, -0.05) is 126 Å². The van der Waals surface area contributed by atoms with E-state index in [4.69, 9.17) is 9.72 Å². The predicted molar refractivity (Wildman–Crippen MR) is 256 cm³/mol. The first-order chi connectivity index (χ1) is 28.5. The zero-order valence-electron chi connectivity index (χ0n) is 37.8. The van der Waals surface area contributed by atoms with Crippen molar-refractivity contribution >= 4 is 33.2 Å². The number of nitrogens with zero attached hydrogens (tertiary/aromatic N) is 4. The lowest BCUT2D eigenvalue weighted by molar-refractivity contribution is 0.483. The molecule has 0 N–H and O–H groups in total. The minimum atomic E-state index is -0.0362. The van der Waals surface area contributed by atoms with E-state index in [1.54, 1.807) is 0 Å². The minimum Gasteiger partial charge on any atom is -0.457 e. The summed E-state index contributed by atoms with van der Waals surface area (Å²) in [5, 5.41) is 2.46. The first kappa shape index (κ1) is 40.9. The average Bonchev–Trinajstić information content (AvgIpc) is 3.83. The monoisotopic (exact) mass is 794 g/mol. The second-order valence-electron chi connectivity index (χ2n) is 19.7. The topological polar surface area (TPSA) is 33.5 Å². The molecular weight excluding hydrogens is 733 g/mol. The highest BCUT2D eigenvalue weighted by molar-refractivity contribution is 6.11. The first-order valence-electron chi connectivity index (χ1n) is 21.8. The standard InChI is InChI=1S/C55H62N4O/c1-35(2)39-29-46(36(3)4)52(47(30-39)37(5)6)38-16-13-17-41(28-38)57-26-27-58(34-57)42-18-14-19-43(32-42)60-44-22-23-45-50(33-44)59(51-31-40(24-25-56-51)54(7,8)9)49-21-15-20-48(53(45)49)55(10,11)12/h13-33,35-37H,34H2,1-12H3. The largest absolute Gasteiger partial charge is 0.457 e. The van der Waals surface area contributed by atoms with Crippen LogP contribution in [-0.2, 0) is 10.8 Å². The van der Waals surface area contributed by atoms with E-state index in [0.29, 0.717) is 24.4 Å². The molecule has 5 nitrogen and oxygen atoms in total. The van der Waals surface area contributed by atoms with E-state index in [1.807, 2.05) is 12.3 Å². The molecule has 0 aliphatic carbocycles. The number of pyridine rings is 1. The molecule has 0 radical (unpaired) electrons. The smallest absolute Gasteiger partial charge is 0.137 e. The Morgan fingerprint density at radius 2 is 1.22 bits per heavy atom. The summed E-state index contributed by atoms with van der Waals surface area (Å²) in [4.78, 5) is 9.54. The molecule has 1 aliphatic rings. The predicted octanol–water partition coefficient (Wildman–Crippen LogP) is 15.4. The molecule has 0 saturated heterocycles. The van der Waals surface area contributed by atoms with Crippen LogP contribution >= 0.6 is 0 Å². The van der Waals surface area contributed by atoms with Crippen LogP contribution in [0.25, 0.3) is 38.8 Å². The van der Waals surface area contributed by atoms with Gasteiger partial charge in [0.2, 0.25) is 0 Å². The van der Waals surface area contributed by atoms with Gasteiger partial charge in [0, 0.05) is 52.9 Å². The molecule has 3 heterocycles. The van der Waals surface area contributed by atoms with Crippen molar-refractivity contribution in [3.8, 4) is 28.4 Å². The number of rotatable bonds is 9. The lowest BCUT2D eigenvalue weighted by Crippen LogP contribution is -2.24. The zero-order valence-corrected chi connectivity index (χ0v) is 37.8. The third-order valence-electron chi connectivity index (χ3n) is 12.1.